The van der Waals surface area contributed by atoms with Crippen LogP contribution >= 0.6 is 0 Å². The lowest BCUT2D eigenvalue weighted by molar-refractivity contribution is 1.42. The van der Waals surface area contributed by atoms with Crippen LogP contribution in [0, 0.1) is 6.42 Å². The predicted octanol–water partition coefficient (Wildman–Crippen LogP) is 4.85. The lowest BCUT2D eigenvalue weighted by atomic mass is 10.0. The number of rotatable bonds is 3. The zero-order valence-electron chi connectivity index (χ0n) is 11.7. The Labute approximate surface area is 125 Å². The van der Waals surface area contributed by atoms with E-state index in [1.54, 1.807) is 0 Å². The Morgan fingerprint density at radius 1 is 0.857 bits per heavy atom. The van der Waals surface area contributed by atoms with Crippen LogP contribution in [0.3, 0.4) is 0 Å². The van der Waals surface area contributed by atoms with Crippen molar-refractivity contribution in [1.82, 2.24) is 0 Å². The van der Waals surface area contributed by atoms with E-state index in [0.29, 0.717) is 0 Å². The Bertz CT molecular complexity index is 704. The zero-order valence-corrected chi connectivity index (χ0v) is 11.7. The molecule has 0 radical (unpaired) electrons. The average Bonchev–Trinajstić information content (AvgIpc) is 2.58. The summed E-state index contributed by atoms with van der Waals surface area (Å²) in [5.41, 5.74) is 4.33. The second kappa shape index (κ2) is 6.58. The molecule has 21 heavy (non-hydrogen) atoms. The van der Waals surface area contributed by atoms with Gasteiger partial charge in [-0.15, -0.1) is 36.3 Å². The average molecular weight is 270 g/mol. The van der Waals surface area contributed by atoms with Gasteiger partial charge in [0.1, 0.15) is 0 Å². The van der Waals surface area contributed by atoms with E-state index >= 15 is 0 Å². The fourth-order valence-corrected chi connectivity index (χ4v) is 2.19. The molecule has 102 valence electrons. The number of allylic oxidation sites excluding steroid dienone is 5. The van der Waals surface area contributed by atoms with Crippen LogP contribution in [0.15, 0.2) is 95.5 Å². The van der Waals surface area contributed by atoms with E-state index in [0.717, 1.165) is 22.4 Å². The van der Waals surface area contributed by atoms with Gasteiger partial charge in [0.25, 0.3) is 0 Å². The van der Waals surface area contributed by atoms with Crippen molar-refractivity contribution in [3.8, 4) is 0 Å². The van der Waals surface area contributed by atoms with Gasteiger partial charge in [-0.3, -0.25) is 0 Å². The van der Waals surface area contributed by atoms with Crippen molar-refractivity contribution in [1.29, 1.82) is 0 Å². The van der Waals surface area contributed by atoms with E-state index in [2.05, 4.69) is 36.8 Å². The quantitative estimate of drug-likeness (QED) is 0.558. The van der Waals surface area contributed by atoms with Gasteiger partial charge in [0, 0.05) is 6.21 Å². The summed E-state index contributed by atoms with van der Waals surface area (Å²) < 4.78 is 0. The van der Waals surface area contributed by atoms with Gasteiger partial charge in [-0.25, -0.2) is 0 Å². The predicted molar refractivity (Wildman–Crippen MR) is 90.0 cm³/mol. The lowest BCUT2D eigenvalue weighted by Gasteiger charge is -2.17. The molecule has 0 N–H and O–H groups in total. The van der Waals surface area contributed by atoms with Crippen LogP contribution in [0.4, 0.5) is 0 Å². The highest BCUT2D eigenvalue weighted by Gasteiger charge is 1.99. The second-order valence-corrected chi connectivity index (χ2v) is 4.75. The Morgan fingerprint density at radius 3 is 2.24 bits per heavy atom. The monoisotopic (exact) mass is 270 g/mol. The highest BCUT2D eigenvalue weighted by molar-refractivity contribution is 5.87. The minimum atomic E-state index is 0.986. The summed E-state index contributed by atoms with van der Waals surface area (Å²) in [5, 5.41) is 0. The number of nitrogens with zero attached hydrogens (tertiary/aromatic N) is 1. The number of benzene rings is 2. The third-order valence-corrected chi connectivity index (χ3v) is 3.24. The summed E-state index contributed by atoms with van der Waals surface area (Å²) in [6.07, 6.45) is 12.2. The molecule has 0 fully saturated rings. The molecule has 0 saturated carbocycles. The van der Waals surface area contributed by atoms with E-state index in [1.165, 1.54) is 0 Å². The molecule has 0 aliphatic heterocycles. The highest BCUT2D eigenvalue weighted by Crippen LogP contribution is 2.24. The molecular weight excluding hydrogens is 254 g/mol. The maximum Gasteiger partial charge on any atom is 0.0233 e. The Hall–Kier alpha value is -2.80. The van der Waals surface area contributed by atoms with Crippen molar-refractivity contribution in [2.45, 2.75) is 0 Å². The first-order valence-corrected chi connectivity index (χ1v) is 7.00. The topological polar surface area (TPSA) is 12.4 Å². The van der Waals surface area contributed by atoms with Crippen molar-refractivity contribution in [2.75, 3.05) is 0 Å². The van der Waals surface area contributed by atoms with E-state index in [-0.39, 0.29) is 0 Å². The van der Waals surface area contributed by atoms with Gasteiger partial charge in [-0.05, 0) is 16.8 Å². The molecule has 0 amide bonds. The van der Waals surface area contributed by atoms with Gasteiger partial charge < -0.3 is 4.99 Å². The summed E-state index contributed by atoms with van der Waals surface area (Å²) in [5.74, 6) is 0. The molecule has 0 heterocycles. The van der Waals surface area contributed by atoms with Gasteiger partial charge >= 0.3 is 0 Å². The summed E-state index contributed by atoms with van der Waals surface area (Å²) in [4.78, 5) is 4.73. The maximum atomic E-state index is 4.73. The summed E-state index contributed by atoms with van der Waals surface area (Å²) in [7, 11) is 0. The van der Waals surface area contributed by atoms with Gasteiger partial charge in [-0.2, -0.15) is 0 Å². The molecule has 0 aromatic heterocycles. The van der Waals surface area contributed by atoms with E-state index in [4.69, 9.17) is 4.99 Å². The largest absolute Gasteiger partial charge is 0.304 e. The molecule has 0 saturated heterocycles. The normalized spacial score (nSPS) is 16.0. The summed E-state index contributed by atoms with van der Waals surface area (Å²) in [6, 6.07) is 20.4. The zero-order chi connectivity index (χ0) is 14.3. The highest BCUT2D eigenvalue weighted by atomic mass is 14.7. The maximum absolute atomic E-state index is 4.73. The van der Waals surface area contributed by atoms with Gasteiger partial charge in [-0.1, -0.05) is 60.7 Å². The van der Waals surface area contributed by atoms with Gasteiger partial charge in [0.2, 0.25) is 0 Å². The molecule has 2 aromatic carbocycles. The second-order valence-electron chi connectivity index (χ2n) is 4.75. The standard InChI is InChI=1S/C20H16N/c1-4-10-17(11-5-1)16-21-20(18-12-6-2-7-13-18)19-14-8-3-9-15-19/h1-16H/q-1. The van der Waals surface area contributed by atoms with Crippen LogP contribution in [0.25, 0.3) is 5.70 Å². The Morgan fingerprint density at radius 2 is 1.57 bits per heavy atom. The van der Waals surface area contributed by atoms with Crippen molar-refractivity contribution < 1.29 is 0 Å². The van der Waals surface area contributed by atoms with Crippen LogP contribution < -0.4 is 0 Å². The summed E-state index contributed by atoms with van der Waals surface area (Å²) in [6.45, 7) is 0. The molecule has 1 aliphatic carbocycles. The van der Waals surface area contributed by atoms with E-state index in [9.17, 15) is 0 Å². The van der Waals surface area contributed by atoms with Crippen molar-refractivity contribution in [3.63, 3.8) is 0 Å². The molecule has 0 bridgehead atoms. The van der Waals surface area contributed by atoms with Crippen LogP contribution in [-0.2, 0) is 0 Å². The minimum absolute atomic E-state index is 0.986. The number of hydrogen-bond donors (Lipinski definition) is 0. The van der Waals surface area contributed by atoms with Crippen LogP contribution in [0.5, 0.6) is 0 Å². The van der Waals surface area contributed by atoms with Gasteiger partial charge in [0.15, 0.2) is 0 Å². The van der Waals surface area contributed by atoms with Crippen molar-refractivity contribution in [3.05, 3.63) is 108 Å². The lowest BCUT2D eigenvalue weighted by Crippen LogP contribution is -1.91. The molecule has 0 unspecified atom stereocenters. The fraction of sp³-hybridized carbons (Fsp3) is 0. The summed E-state index contributed by atoms with van der Waals surface area (Å²) >= 11 is 0. The van der Waals surface area contributed by atoms with Crippen molar-refractivity contribution >= 4 is 11.9 Å². The first kappa shape index (κ1) is 13.2. The molecule has 3 rings (SSSR count). The molecule has 1 aliphatic rings. The minimum Gasteiger partial charge on any atom is -0.304 e. The van der Waals surface area contributed by atoms with Gasteiger partial charge in [0.05, 0.1) is 0 Å². The third kappa shape index (κ3) is 3.40. The van der Waals surface area contributed by atoms with E-state index in [1.807, 2.05) is 60.8 Å². The Kier molecular flexibility index (Phi) is 4.13. The fourth-order valence-electron chi connectivity index (χ4n) is 2.19. The molecule has 0 spiro atoms. The van der Waals surface area contributed by atoms with E-state index < -0.39 is 0 Å². The van der Waals surface area contributed by atoms with Crippen LogP contribution in [0.1, 0.15) is 11.1 Å². The van der Waals surface area contributed by atoms with Crippen LogP contribution in [-0.4, -0.2) is 6.21 Å². The third-order valence-electron chi connectivity index (χ3n) is 3.24. The Balaban J connectivity index is 2.00. The van der Waals surface area contributed by atoms with Crippen LogP contribution in [0.2, 0.25) is 0 Å². The first-order chi connectivity index (χ1) is 10.4. The smallest absolute Gasteiger partial charge is 0.0233 e. The number of hydrogen-bond acceptors (Lipinski definition) is 1. The molecule has 0 atom stereocenters. The molecule has 1 nitrogen and oxygen atoms in total. The molecule has 2 aromatic rings. The van der Waals surface area contributed by atoms with Crippen molar-refractivity contribution in [2.24, 2.45) is 4.99 Å². The number of aliphatic imine (C=N–C) groups is 1. The SMILES string of the molecule is C1=C[CH-]/C(=C(/N=Cc2ccccc2)c2ccccc2)C=C1. The molecular formula is C20H16N-. The first-order valence-electron chi connectivity index (χ1n) is 7.00. The molecule has 1 heteroatoms.